The molecule has 3 aromatic heterocycles. The Hall–Kier alpha value is -3.25. The third-order valence-electron chi connectivity index (χ3n) is 6.70. The van der Waals surface area contributed by atoms with Gasteiger partial charge in [0.25, 0.3) is 0 Å². The van der Waals surface area contributed by atoms with Gasteiger partial charge in [0.15, 0.2) is 0 Å². The van der Waals surface area contributed by atoms with Crippen LogP contribution in [-0.4, -0.2) is 38.6 Å². The van der Waals surface area contributed by atoms with E-state index in [1.165, 1.54) is 28.2 Å². The first-order valence-electron chi connectivity index (χ1n) is 12.7. The normalized spacial score (nSPS) is 13.3. The maximum atomic E-state index is 9.85. The summed E-state index contributed by atoms with van der Waals surface area (Å²) in [6, 6.07) is 12.7. The molecular weight excluding hydrogens is 438 g/mol. The molecular formula is C29H35N3O3. The summed E-state index contributed by atoms with van der Waals surface area (Å²) in [7, 11) is 2.10. The smallest absolute Gasteiger partial charge is 0.213 e. The lowest BCUT2D eigenvalue weighted by Crippen LogP contribution is -2.24. The molecule has 1 fully saturated rings. The Morgan fingerprint density at radius 2 is 1.77 bits per heavy atom. The fourth-order valence-corrected chi connectivity index (χ4v) is 4.38. The molecule has 4 aromatic rings. The van der Waals surface area contributed by atoms with Crippen molar-refractivity contribution in [2.75, 3.05) is 6.61 Å². The fraction of sp³-hybridized carbons (Fsp3) is 0.414. The predicted molar refractivity (Wildman–Crippen MR) is 141 cm³/mol. The number of fused-ring (bicyclic) bond motifs is 3. The van der Waals surface area contributed by atoms with Crippen molar-refractivity contribution in [2.45, 2.75) is 63.9 Å². The highest BCUT2D eigenvalue weighted by Gasteiger charge is 2.19. The summed E-state index contributed by atoms with van der Waals surface area (Å²) in [5, 5.41) is 10.8. The van der Waals surface area contributed by atoms with Crippen LogP contribution in [0.3, 0.4) is 0 Å². The van der Waals surface area contributed by atoms with Crippen molar-refractivity contribution < 1.29 is 14.6 Å². The number of rotatable bonds is 10. The zero-order valence-electron chi connectivity index (χ0n) is 20.5. The Kier molecular flexibility index (Phi) is 8.85. The average Bonchev–Trinajstić information content (AvgIpc) is 3.16. The fourth-order valence-electron chi connectivity index (χ4n) is 4.38. The van der Waals surface area contributed by atoms with Crippen LogP contribution in [0.4, 0.5) is 0 Å². The zero-order valence-corrected chi connectivity index (χ0v) is 20.5. The van der Waals surface area contributed by atoms with Gasteiger partial charge >= 0.3 is 0 Å². The average molecular weight is 474 g/mol. The number of hydrogen-bond acceptors (Lipinski definition) is 5. The first-order chi connectivity index (χ1) is 17.2. The van der Waals surface area contributed by atoms with E-state index in [1.54, 1.807) is 0 Å². The molecule has 1 N–H and O–H groups in total. The molecule has 1 aliphatic carbocycles. The number of carbonyl (C=O) groups excluding carboxylic acids is 1. The van der Waals surface area contributed by atoms with E-state index < -0.39 is 0 Å². The Labute approximate surface area is 207 Å². The highest BCUT2D eigenvalue weighted by atomic mass is 16.5. The summed E-state index contributed by atoms with van der Waals surface area (Å²) in [6.45, 7) is 0.299. The number of aromatic nitrogens is 3. The molecule has 1 aromatic carbocycles. The SMILES string of the molecule is Cn1c2ccncc2c2ccc(-c3ccc(OC4CCC4)nc3)cc21.O=CCCCCCCCO. The number of aldehydes is 1. The van der Waals surface area contributed by atoms with Crippen LogP contribution in [0.2, 0.25) is 0 Å². The van der Waals surface area contributed by atoms with Crippen LogP contribution < -0.4 is 4.74 Å². The van der Waals surface area contributed by atoms with Gasteiger partial charge in [0.05, 0.1) is 5.52 Å². The van der Waals surface area contributed by atoms with E-state index >= 15 is 0 Å². The monoisotopic (exact) mass is 473 g/mol. The number of aliphatic hydroxyl groups excluding tert-OH is 1. The molecule has 1 saturated carbocycles. The van der Waals surface area contributed by atoms with Gasteiger partial charge in [0.2, 0.25) is 5.88 Å². The van der Waals surface area contributed by atoms with Gasteiger partial charge in [-0.25, -0.2) is 4.98 Å². The van der Waals surface area contributed by atoms with Crippen molar-refractivity contribution in [2.24, 2.45) is 7.05 Å². The molecule has 0 amide bonds. The van der Waals surface area contributed by atoms with Gasteiger partial charge in [-0.2, -0.15) is 0 Å². The molecule has 6 heteroatoms. The molecule has 3 heterocycles. The van der Waals surface area contributed by atoms with Gasteiger partial charge in [0.1, 0.15) is 12.4 Å². The van der Waals surface area contributed by atoms with Crippen molar-refractivity contribution in [3.05, 3.63) is 55.0 Å². The molecule has 0 radical (unpaired) electrons. The maximum Gasteiger partial charge on any atom is 0.213 e. The van der Waals surface area contributed by atoms with Crippen molar-refractivity contribution in [3.63, 3.8) is 0 Å². The van der Waals surface area contributed by atoms with Crippen molar-refractivity contribution in [3.8, 4) is 17.0 Å². The highest BCUT2D eigenvalue weighted by Crippen LogP contribution is 2.31. The molecule has 0 aliphatic heterocycles. The van der Waals surface area contributed by atoms with Gasteiger partial charge in [-0.1, -0.05) is 31.4 Å². The van der Waals surface area contributed by atoms with E-state index in [1.807, 2.05) is 24.7 Å². The lowest BCUT2D eigenvalue weighted by Gasteiger charge is -2.25. The van der Waals surface area contributed by atoms with Crippen LogP contribution in [0.15, 0.2) is 55.0 Å². The summed E-state index contributed by atoms with van der Waals surface area (Å²) in [6.07, 6.45) is 16.5. The van der Waals surface area contributed by atoms with Crippen LogP contribution in [0, 0.1) is 0 Å². The van der Waals surface area contributed by atoms with E-state index in [4.69, 9.17) is 9.84 Å². The molecule has 184 valence electrons. The molecule has 0 unspecified atom stereocenters. The lowest BCUT2D eigenvalue weighted by atomic mass is 9.96. The summed E-state index contributed by atoms with van der Waals surface area (Å²) in [5.41, 5.74) is 4.67. The minimum absolute atomic E-state index is 0.299. The number of pyridine rings is 2. The molecule has 0 atom stereocenters. The van der Waals surface area contributed by atoms with Crippen molar-refractivity contribution in [1.82, 2.24) is 14.5 Å². The number of benzene rings is 1. The lowest BCUT2D eigenvalue weighted by molar-refractivity contribution is -0.107. The van der Waals surface area contributed by atoms with Gasteiger partial charge in [0, 0.05) is 66.6 Å². The number of nitrogens with zero attached hydrogens (tertiary/aromatic N) is 3. The number of unbranched alkanes of at least 4 members (excludes halogenated alkanes) is 5. The standard InChI is InChI=1S/C21H19N3O.C8H16O2/c1-24-19-9-10-22-13-18(19)17-7-5-14(11-20(17)24)15-6-8-21(23-12-15)25-16-3-2-4-16;9-7-5-3-1-2-4-6-8-10/h5-13,16H,2-4H2,1H3;7,10H,1-6,8H2. The number of carbonyl (C=O) groups is 1. The second-order valence-electron chi connectivity index (χ2n) is 9.19. The maximum absolute atomic E-state index is 9.85. The summed E-state index contributed by atoms with van der Waals surface area (Å²) < 4.78 is 8.07. The topological polar surface area (TPSA) is 77.2 Å². The number of ether oxygens (including phenoxy) is 1. The Morgan fingerprint density at radius 1 is 0.971 bits per heavy atom. The van der Waals surface area contributed by atoms with E-state index in [9.17, 15) is 4.79 Å². The number of hydrogen-bond donors (Lipinski definition) is 1. The minimum atomic E-state index is 0.299. The number of aryl methyl sites for hydroxylation is 1. The van der Waals surface area contributed by atoms with Gasteiger partial charge in [-0.3, -0.25) is 4.98 Å². The van der Waals surface area contributed by atoms with Crippen LogP contribution >= 0.6 is 0 Å². The quantitative estimate of drug-likeness (QED) is 0.218. The third kappa shape index (κ3) is 6.25. The molecule has 6 nitrogen and oxygen atoms in total. The van der Waals surface area contributed by atoms with Gasteiger partial charge in [-0.15, -0.1) is 0 Å². The Morgan fingerprint density at radius 3 is 2.49 bits per heavy atom. The van der Waals surface area contributed by atoms with E-state index in [-0.39, 0.29) is 0 Å². The highest BCUT2D eigenvalue weighted by molar-refractivity contribution is 6.08. The molecule has 35 heavy (non-hydrogen) atoms. The molecule has 1 aliphatic rings. The summed E-state index contributed by atoms with van der Waals surface area (Å²) >= 11 is 0. The van der Waals surface area contributed by atoms with Crippen molar-refractivity contribution in [1.29, 1.82) is 0 Å². The molecule has 5 rings (SSSR count). The summed E-state index contributed by atoms with van der Waals surface area (Å²) in [4.78, 5) is 18.6. The second-order valence-corrected chi connectivity index (χ2v) is 9.19. The van der Waals surface area contributed by atoms with Crippen LogP contribution in [0.25, 0.3) is 32.9 Å². The van der Waals surface area contributed by atoms with Gasteiger partial charge < -0.3 is 19.2 Å². The largest absolute Gasteiger partial charge is 0.474 e. The van der Waals surface area contributed by atoms with E-state index in [0.717, 1.165) is 68.2 Å². The van der Waals surface area contributed by atoms with Gasteiger partial charge in [-0.05, 0) is 55.9 Å². The predicted octanol–water partition coefficient (Wildman–Crippen LogP) is 6.24. The van der Waals surface area contributed by atoms with Crippen LogP contribution in [-0.2, 0) is 11.8 Å². The first-order valence-corrected chi connectivity index (χ1v) is 12.7. The molecule has 0 bridgehead atoms. The zero-order chi connectivity index (χ0) is 24.5. The Balaban J connectivity index is 0.000000248. The van der Waals surface area contributed by atoms with E-state index in [2.05, 4.69) is 51.9 Å². The van der Waals surface area contributed by atoms with Crippen LogP contribution in [0.1, 0.15) is 57.8 Å². The van der Waals surface area contributed by atoms with Crippen LogP contribution in [0.5, 0.6) is 5.88 Å². The van der Waals surface area contributed by atoms with Crippen molar-refractivity contribution >= 4 is 28.1 Å². The molecule has 0 saturated heterocycles. The molecule has 0 spiro atoms. The Bertz CT molecular complexity index is 1230. The van der Waals surface area contributed by atoms with E-state index in [0.29, 0.717) is 19.1 Å². The third-order valence-corrected chi connectivity index (χ3v) is 6.70. The summed E-state index contributed by atoms with van der Waals surface area (Å²) in [5.74, 6) is 0.727. The number of aliphatic hydroxyl groups is 1. The second kappa shape index (κ2) is 12.5. The minimum Gasteiger partial charge on any atom is -0.474 e. The first kappa shape index (κ1) is 24.9.